The number of benzene rings is 4. The number of hydrogen-bond donors (Lipinski definition) is 0. The number of hydrogen-bond acceptors (Lipinski definition) is 1. The van der Waals surface area contributed by atoms with Crippen LogP contribution >= 0.6 is 7.26 Å². The molecule has 4 aromatic carbocycles. The minimum atomic E-state index is -1.97. The van der Waals surface area contributed by atoms with Gasteiger partial charge in [0.1, 0.15) is 15.9 Å². The molecule has 1 spiro atoms. The molecule has 3 heteroatoms. The lowest BCUT2D eigenvalue weighted by Crippen LogP contribution is -3.00. The maximum Gasteiger partial charge on any atom is 0.162 e. The van der Waals surface area contributed by atoms with Gasteiger partial charge in [0.05, 0.1) is 7.11 Å². The lowest BCUT2D eigenvalue weighted by molar-refractivity contribution is -0.00000556. The van der Waals surface area contributed by atoms with Gasteiger partial charge in [-0.3, -0.25) is 0 Å². The molecule has 0 saturated heterocycles. The summed E-state index contributed by atoms with van der Waals surface area (Å²) in [6.07, 6.45) is 0. The van der Waals surface area contributed by atoms with E-state index in [0.29, 0.717) is 0 Å². The molecule has 1 nitrogen and oxygen atoms in total. The Labute approximate surface area is 189 Å². The van der Waals surface area contributed by atoms with Crippen LogP contribution < -0.4 is 49.9 Å². The van der Waals surface area contributed by atoms with Crippen LogP contribution in [-0.4, -0.2) is 7.11 Å². The van der Waals surface area contributed by atoms with Gasteiger partial charge >= 0.3 is 0 Å². The lowest BCUT2D eigenvalue weighted by atomic mass is 10.0. The quantitative estimate of drug-likeness (QED) is 0.243. The van der Waals surface area contributed by atoms with Crippen LogP contribution in [0.1, 0.15) is 5.56 Å². The zero-order valence-electron chi connectivity index (χ0n) is 16.3. The third kappa shape index (κ3) is 2.19. The first-order valence-corrected chi connectivity index (χ1v) is 11.4. The molecule has 0 amide bonds. The number of fused-ring (bicyclic) bond motifs is 10. The van der Waals surface area contributed by atoms with E-state index >= 15 is 0 Å². The Hall–Kier alpha value is -2.16. The predicted octanol–water partition coefficient (Wildman–Crippen LogP) is 1.59. The van der Waals surface area contributed by atoms with Gasteiger partial charge in [-0.05, 0) is 36.8 Å². The Morgan fingerprint density at radius 1 is 0.586 bits per heavy atom. The molecular formula is C26H20IOP. The van der Waals surface area contributed by atoms with Crippen LogP contribution in [0.15, 0.2) is 84.9 Å². The molecule has 0 aromatic heterocycles. The highest BCUT2D eigenvalue weighted by molar-refractivity contribution is 8.03. The summed E-state index contributed by atoms with van der Waals surface area (Å²) in [7, 11) is -0.173. The van der Waals surface area contributed by atoms with E-state index in [1.165, 1.54) is 49.0 Å². The minimum absolute atomic E-state index is 0. The zero-order chi connectivity index (χ0) is 18.9. The second-order valence-corrected chi connectivity index (χ2v) is 10.7. The monoisotopic (exact) mass is 506 g/mol. The summed E-state index contributed by atoms with van der Waals surface area (Å²) in [6, 6.07) is 31.2. The SMILES string of the molecule is COc1cccc2c1[P+]1(c3ccccc3-c3cccc(C)c31)c1ccccc1-2.[I-]. The molecule has 0 aliphatic carbocycles. The second kappa shape index (κ2) is 6.68. The van der Waals surface area contributed by atoms with Gasteiger partial charge in [-0.2, -0.15) is 0 Å². The van der Waals surface area contributed by atoms with Crippen LogP contribution in [0.5, 0.6) is 5.75 Å². The van der Waals surface area contributed by atoms with E-state index in [1.807, 2.05) is 0 Å². The van der Waals surface area contributed by atoms with Crippen molar-refractivity contribution in [2.45, 2.75) is 6.92 Å². The van der Waals surface area contributed by atoms with Crippen molar-refractivity contribution in [1.82, 2.24) is 0 Å². The first-order valence-electron chi connectivity index (χ1n) is 9.65. The van der Waals surface area contributed by atoms with E-state index < -0.39 is 7.26 Å². The minimum Gasteiger partial charge on any atom is -1.00 e. The average Bonchev–Trinajstić information content (AvgIpc) is 3.22. The van der Waals surface area contributed by atoms with Crippen molar-refractivity contribution in [3.05, 3.63) is 90.5 Å². The van der Waals surface area contributed by atoms with E-state index in [4.69, 9.17) is 4.74 Å². The van der Waals surface area contributed by atoms with Gasteiger partial charge in [0.15, 0.2) is 18.3 Å². The van der Waals surface area contributed by atoms with Crippen LogP contribution in [0.2, 0.25) is 0 Å². The van der Waals surface area contributed by atoms with Gasteiger partial charge in [0, 0.05) is 22.3 Å². The maximum atomic E-state index is 5.97. The van der Waals surface area contributed by atoms with Crippen LogP contribution in [0.25, 0.3) is 22.3 Å². The van der Waals surface area contributed by atoms with Crippen LogP contribution in [0.4, 0.5) is 0 Å². The molecule has 1 unspecified atom stereocenters. The van der Waals surface area contributed by atoms with Crippen molar-refractivity contribution >= 4 is 28.5 Å². The van der Waals surface area contributed by atoms with Gasteiger partial charge in [0.2, 0.25) is 0 Å². The Morgan fingerprint density at radius 3 is 1.72 bits per heavy atom. The van der Waals surface area contributed by atoms with Crippen molar-refractivity contribution in [3.8, 4) is 28.0 Å². The van der Waals surface area contributed by atoms with E-state index in [-0.39, 0.29) is 24.0 Å². The Kier molecular flexibility index (Phi) is 4.34. The van der Waals surface area contributed by atoms with Gasteiger partial charge in [-0.1, -0.05) is 60.7 Å². The smallest absolute Gasteiger partial charge is 0.162 e. The molecule has 0 saturated carbocycles. The highest BCUT2D eigenvalue weighted by atomic mass is 127. The summed E-state index contributed by atoms with van der Waals surface area (Å²) in [4.78, 5) is 0. The zero-order valence-corrected chi connectivity index (χ0v) is 19.4. The number of halogens is 1. The van der Waals surface area contributed by atoms with Gasteiger partial charge < -0.3 is 28.7 Å². The van der Waals surface area contributed by atoms with Crippen molar-refractivity contribution in [2.75, 3.05) is 7.11 Å². The van der Waals surface area contributed by atoms with E-state index in [1.54, 1.807) is 7.11 Å². The van der Waals surface area contributed by atoms with Crippen molar-refractivity contribution in [3.63, 3.8) is 0 Å². The molecule has 2 aliphatic heterocycles. The van der Waals surface area contributed by atoms with Gasteiger partial charge in [-0.25, -0.2) is 0 Å². The third-order valence-corrected chi connectivity index (χ3v) is 10.9. The molecule has 2 aliphatic rings. The molecule has 4 aromatic rings. The summed E-state index contributed by atoms with van der Waals surface area (Å²) in [5.74, 6) is 1.01. The Balaban J connectivity index is 0.00000181. The van der Waals surface area contributed by atoms with Gasteiger partial charge in [-0.15, -0.1) is 0 Å². The van der Waals surface area contributed by atoms with Crippen LogP contribution in [0.3, 0.4) is 0 Å². The van der Waals surface area contributed by atoms with E-state index in [2.05, 4.69) is 91.9 Å². The molecule has 0 radical (unpaired) electrons. The van der Waals surface area contributed by atoms with Gasteiger partial charge in [0.25, 0.3) is 0 Å². The van der Waals surface area contributed by atoms with Crippen LogP contribution in [0, 0.1) is 6.92 Å². The topological polar surface area (TPSA) is 9.23 Å². The highest BCUT2D eigenvalue weighted by Gasteiger charge is 2.62. The van der Waals surface area contributed by atoms with Crippen molar-refractivity contribution in [1.29, 1.82) is 0 Å². The first-order chi connectivity index (χ1) is 13.8. The molecular weight excluding hydrogens is 486 g/mol. The Morgan fingerprint density at radius 2 is 1.10 bits per heavy atom. The molecule has 6 rings (SSSR count). The summed E-state index contributed by atoms with van der Waals surface area (Å²) >= 11 is 0. The highest BCUT2D eigenvalue weighted by Crippen LogP contribution is 2.68. The summed E-state index contributed by atoms with van der Waals surface area (Å²) in [5, 5.41) is 5.83. The second-order valence-electron chi connectivity index (χ2n) is 7.53. The summed E-state index contributed by atoms with van der Waals surface area (Å²) < 4.78 is 5.97. The molecule has 0 N–H and O–H groups in total. The predicted molar refractivity (Wildman–Crippen MR) is 121 cm³/mol. The Bertz CT molecular complexity index is 1270. The summed E-state index contributed by atoms with van der Waals surface area (Å²) in [5.41, 5.74) is 6.82. The van der Waals surface area contributed by atoms with E-state index in [0.717, 1.165) is 5.75 Å². The molecule has 142 valence electrons. The largest absolute Gasteiger partial charge is 1.00 e. The number of aryl methyl sites for hydroxylation is 1. The normalized spacial score (nSPS) is 17.2. The fourth-order valence-electron chi connectivity index (χ4n) is 5.28. The number of rotatable bonds is 1. The fraction of sp³-hybridized carbons (Fsp3) is 0.0769. The number of methoxy groups -OCH3 is 1. The molecule has 0 bridgehead atoms. The molecule has 2 heterocycles. The molecule has 0 fully saturated rings. The standard InChI is InChI=1S/C26H20OP.HI/c1-17-9-7-12-20-18-10-3-5-15-23(18)28(25(17)20)24-16-6-4-11-19(24)21-13-8-14-22(27-2)26(21)28;/h3-16H,1-2H3;1H/q+1;/p-1. The summed E-state index contributed by atoms with van der Waals surface area (Å²) in [6.45, 7) is 2.27. The van der Waals surface area contributed by atoms with Crippen molar-refractivity contribution < 1.29 is 28.7 Å². The number of ether oxygens (including phenoxy) is 1. The molecule has 29 heavy (non-hydrogen) atoms. The molecule has 1 atom stereocenters. The maximum absolute atomic E-state index is 5.97. The average molecular weight is 506 g/mol. The van der Waals surface area contributed by atoms with Crippen molar-refractivity contribution in [2.24, 2.45) is 0 Å². The fourth-order valence-corrected chi connectivity index (χ4v) is 10.7. The van der Waals surface area contributed by atoms with E-state index in [9.17, 15) is 0 Å². The lowest BCUT2D eigenvalue weighted by Gasteiger charge is -2.23. The third-order valence-electron chi connectivity index (χ3n) is 6.24. The first kappa shape index (κ1) is 18.8. The van der Waals surface area contributed by atoms with Crippen LogP contribution in [-0.2, 0) is 0 Å².